The predicted molar refractivity (Wildman–Crippen MR) is 109 cm³/mol. The summed E-state index contributed by atoms with van der Waals surface area (Å²) >= 11 is 12.3. The van der Waals surface area contributed by atoms with Crippen molar-refractivity contribution in [1.29, 1.82) is 0 Å². The molecule has 0 aliphatic rings. The monoisotopic (exact) mass is 410 g/mol. The van der Waals surface area contributed by atoms with E-state index in [-0.39, 0.29) is 32.5 Å². The van der Waals surface area contributed by atoms with Gasteiger partial charge in [0.2, 0.25) is 11.2 Å². The minimum Gasteiger partial charge on any atom is -0.450 e. The Kier molecular flexibility index (Phi) is 4.90. The summed E-state index contributed by atoms with van der Waals surface area (Å²) in [6.45, 7) is 0. The van der Waals surface area contributed by atoms with Crippen LogP contribution >= 0.6 is 23.2 Å². The standard InChI is InChI=1S/C22H12Cl2O4/c23-15-11-16-18(25)21(28-22(26)14-9-5-2-6-10-14)19(13-7-3-1-4-8-13)27-20(16)17(24)12-15/h1-12H. The van der Waals surface area contributed by atoms with Gasteiger partial charge in [0.1, 0.15) is 0 Å². The van der Waals surface area contributed by atoms with E-state index in [1.807, 2.05) is 6.07 Å². The lowest BCUT2D eigenvalue weighted by atomic mass is 10.1. The SMILES string of the molecule is O=C(Oc1c(-c2ccccc2)oc2c(Cl)cc(Cl)cc2c1=O)c1ccccc1. The zero-order valence-electron chi connectivity index (χ0n) is 14.3. The van der Waals surface area contributed by atoms with E-state index in [1.165, 1.54) is 12.1 Å². The molecule has 0 aliphatic carbocycles. The van der Waals surface area contributed by atoms with Crippen molar-refractivity contribution in [2.75, 3.05) is 0 Å². The summed E-state index contributed by atoms with van der Waals surface area (Å²) in [5.41, 5.74) is 0.525. The molecule has 0 spiro atoms. The summed E-state index contributed by atoms with van der Waals surface area (Å²) in [6, 6.07) is 20.2. The Balaban J connectivity index is 1.96. The Morgan fingerprint density at radius 2 is 1.54 bits per heavy atom. The lowest BCUT2D eigenvalue weighted by molar-refractivity contribution is 0.0731. The highest BCUT2D eigenvalue weighted by Gasteiger charge is 2.22. The average molecular weight is 411 g/mol. The van der Waals surface area contributed by atoms with Crippen LogP contribution in [-0.4, -0.2) is 5.97 Å². The maximum Gasteiger partial charge on any atom is 0.343 e. The van der Waals surface area contributed by atoms with Crippen molar-refractivity contribution >= 4 is 40.1 Å². The molecule has 4 aromatic rings. The van der Waals surface area contributed by atoms with Crippen LogP contribution < -0.4 is 10.2 Å². The van der Waals surface area contributed by atoms with Crippen LogP contribution in [0.5, 0.6) is 5.75 Å². The largest absolute Gasteiger partial charge is 0.450 e. The van der Waals surface area contributed by atoms with Gasteiger partial charge in [-0.2, -0.15) is 0 Å². The summed E-state index contributed by atoms with van der Waals surface area (Å²) in [5, 5.41) is 0.600. The highest BCUT2D eigenvalue weighted by Crippen LogP contribution is 2.35. The van der Waals surface area contributed by atoms with Crippen molar-refractivity contribution in [2.45, 2.75) is 0 Å². The van der Waals surface area contributed by atoms with E-state index in [0.29, 0.717) is 11.1 Å². The Hall–Kier alpha value is -3.08. The van der Waals surface area contributed by atoms with E-state index in [2.05, 4.69) is 0 Å². The van der Waals surface area contributed by atoms with Gasteiger partial charge in [-0.3, -0.25) is 4.79 Å². The molecule has 0 atom stereocenters. The number of halogens is 2. The number of benzene rings is 3. The van der Waals surface area contributed by atoms with Gasteiger partial charge in [0.15, 0.2) is 11.3 Å². The van der Waals surface area contributed by atoms with Gasteiger partial charge < -0.3 is 9.15 Å². The fraction of sp³-hybridized carbons (Fsp3) is 0. The van der Waals surface area contributed by atoms with Crippen LogP contribution in [0.3, 0.4) is 0 Å². The van der Waals surface area contributed by atoms with Gasteiger partial charge in [0.05, 0.1) is 16.0 Å². The third-order valence-corrected chi connectivity index (χ3v) is 4.61. The Labute approximate surface area is 169 Å². The first kappa shape index (κ1) is 18.3. The maximum atomic E-state index is 13.1. The Morgan fingerprint density at radius 1 is 0.893 bits per heavy atom. The van der Waals surface area contributed by atoms with Gasteiger partial charge in [0, 0.05) is 10.6 Å². The first-order valence-electron chi connectivity index (χ1n) is 8.33. The highest BCUT2D eigenvalue weighted by molar-refractivity contribution is 6.38. The second kappa shape index (κ2) is 7.50. The highest BCUT2D eigenvalue weighted by atomic mass is 35.5. The molecule has 6 heteroatoms. The Morgan fingerprint density at radius 3 is 2.21 bits per heavy atom. The van der Waals surface area contributed by atoms with Crippen LogP contribution in [0, 0.1) is 0 Å². The minimum atomic E-state index is -0.669. The van der Waals surface area contributed by atoms with Gasteiger partial charge in [0.25, 0.3) is 0 Å². The molecule has 0 saturated carbocycles. The number of carbonyl (C=O) groups is 1. The first-order chi connectivity index (χ1) is 13.5. The molecule has 4 rings (SSSR count). The lowest BCUT2D eigenvalue weighted by Crippen LogP contribution is -2.16. The van der Waals surface area contributed by atoms with Crippen molar-refractivity contribution in [3.05, 3.63) is 98.6 Å². The summed E-state index contributed by atoms with van der Waals surface area (Å²) in [7, 11) is 0. The molecule has 0 unspecified atom stereocenters. The lowest BCUT2D eigenvalue weighted by Gasteiger charge is -2.11. The molecule has 0 bridgehead atoms. The quantitative estimate of drug-likeness (QED) is 0.389. The molecule has 28 heavy (non-hydrogen) atoms. The van der Waals surface area contributed by atoms with Crippen molar-refractivity contribution in [2.24, 2.45) is 0 Å². The number of carbonyl (C=O) groups excluding carboxylic acids is 1. The number of rotatable bonds is 3. The van der Waals surface area contributed by atoms with Gasteiger partial charge in [-0.25, -0.2) is 4.79 Å². The average Bonchev–Trinajstić information content (AvgIpc) is 2.71. The van der Waals surface area contributed by atoms with Gasteiger partial charge >= 0.3 is 5.97 Å². The number of ether oxygens (including phenoxy) is 1. The maximum absolute atomic E-state index is 13.1. The molecular formula is C22H12Cl2O4. The normalized spacial score (nSPS) is 10.8. The second-order valence-electron chi connectivity index (χ2n) is 5.98. The number of hydrogen-bond donors (Lipinski definition) is 0. The van der Waals surface area contributed by atoms with E-state index < -0.39 is 11.4 Å². The van der Waals surface area contributed by atoms with E-state index in [9.17, 15) is 9.59 Å². The summed E-state index contributed by atoms with van der Waals surface area (Å²) in [5.74, 6) is -0.768. The fourth-order valence-electron chi connectivity index (χ4n) is 2.80. The van der Waals surface area contributed by atoms with Crippen molar-refractivity contribution in [3.8, 4) is 17.1 Å². The van der Waals surface area contributed by atoms with Crippen molar-refractivity contribution < 1.29 is 13.9 Å². The van der Waals surface area contributed by atoms with Crippen LogP contribution in [0.1, 0.15) is 10.4 Å². The van der Waals surface area contributed by atoms with Gasteiger partial charge in [-0.15, -0.1) is 0 Å². The second-order valence-corrected chi connectivity index (χ2v) is 6.82. The molecule has 0 saturated heterocycles. The van der Waals surface area contributed by atoms with E-state index in [4.69, 9.17) is 32.4 Å². The van der Waals surface area contributed by atoms with Crippen LogP contribution in [-0.2, 0) is 0 Å². The molecule has 0 radical (unpaired) electrons. The summed E-state index contributed by atoms with van der Waals surface area (Å²) < 4.78 is 11.4. The summed E-state index contributed by atoms with van der Waals surface area (Å²) in [4.78, 5) is 25.7. The van der Waals surface area contributed by atoms with Crippen LogP contribution in [0.15, 0.2) is 82.0 Å². The minimum absolute atomic E-state index is 0.117. The van der Waals surface area contributed by atoms with Crippen LogP contribution in [0.4, 0.5) is 0 Å². The first-order valence-corrected chi connectivity index (χ1v) is 9.08. The fourth-order valence-corrected chi connectivity index (χ4v) is 3.34. The van der Waals surface area contributed by atoms with Gasteiger partial charge in [-0.05, 0) is 24.3 Å². The molecule has 0 amide bonds. The molecule has 0 N–H and O–H groups in total. The topological polar surface area (TPSA) is 56.5 Å². The zero-order valence-corrected chi connectivity index (χ0v) is 15.8. The van der Waals surface area contributed by atoms with E-state index >= 15 is 0 Å². The van der Waals surface area contributed by atoms with Crippen molar-refractivity contribution in [1.82, 2.24) is 0 Å². The van der Waals surface area contributed by atoms with Crippen LogP contribution in [0.25, 0.3) is 22.3 Å². The van der Waals surface area contributed by atoms with Crippen molar-refractivity contribution in [3.63, 3.8) is 0 Å². The smallest absolute Gasteiger partial charge is 0.343 e. The molecule has 138 valence electrons. The number of esters is 1. The van der Waals surface area contributed by atoms with E-state index in [1.54, 1.807) is 54.6 Å². The Bertz CT molecular complexity index is 1230. The zero-order chi connectivity index (χ0) is 19.7. The number of hydrogen-bond acceptors (Lipinski definition) is 4. The van der Waals surface area contributed by atoms with Crippen LogP contribution in [0.2, 0.25) is 10.0 Å². The van der Waals surface area contributed by atoms with Gasteiger partial charge in [-0.1, -0.05) is 71.7 Å². The molecular weight excluding hydrogens is 399 g/mol. The molecule has 0 aliphatic heterocycles. The predicted octanol–water partition coefficient (Wildman–Crippen LogP) is 5.99. The molecule has 1 heterocycles. The molecule has 0 fully saturated rings. The number of fused-ring (bicyclic) bond motifs is 1. The van der Waals surface area contributed by atoms with E-state index in [0.717, 1.165) is 0 Å². The molecule has 3 aromatic carbocycles. The molecule has 4 nitrogen and oxygen atoms in total. The molecule has 1 aromatic heterocycles. The summed E-state index contributed by atoms with van der Waals surface area (Å²) in [6.07, 6.45) is 0. The third-order valence-electron chi connectivity index (χ3n) is 4.11. The third kappa shape index (κ3) is 3.40.